The van der Waals surface area contributed by atoms with Crippen molar-refractivity contribution in [1.82, 2.24) is 14.5 Å². The van der Waals surface area contributed by atoms with Crippen molar-refractivity contribution in [1.29, 1.82) is 0 Å². The molecule has 0 unspecified atom stereocenters. The molecule has 1 N–H and O–H groups in total. The maximum absolute atomic E-state index is 13.4. The van der Waals surface area contributed by atoms with Gasteiger partial charge in [0.25, 0.3) is 5.56 Å². The molecule has 0 fully saturated rings. The number of thioether (sulfide) groups is 1. The molecule has 0 aliphatic carbocycles. The zero-order valence-corrected chi connectivity index (χ0v) is 17.5. The van der Waals surface area contributed by atoms with E-state index in [1.54, 1.807) is 35.0 Å². The molecule has 0 aliphatic heterocycles. The van der Waals surface area contributed by atoms with E-state index < -0.39 is 0 Å². The number of aromatic amines is 1. The number of halogens is 1. The van der Waals surface area contributed by atoms with Gasteiger partial charge in [-0.2, -0.15) is 0 Å². The monoisotopic (exact) mass is 423 g/mol. The fourth-order valence-corrected chi connectivity index (χ4v) is 4.27. The number of fused-ring (bicyclic) bond motifs is 1. The number of benzene rings is 2. The Morgan fingerprint density at radius 2 is 1.93 bits per heavy atom. The fourth-order valence-electron chi connectivity index (χ4n) is 3.15. The molecular formula is C22H18ClN3O2S. The van der Waals surface area contributed by atoms with Crippen LogP contribution < -0.4 is 11.1 Å². The van der Waals surface area contributed by atoms with Crippen molar-refractivity contribution in [3.8, 4) is 5.69 Å². The summed E-state index contributed by atoms with van der Waals surface area (Å²) < 4.78 is 1.65. The minimum Gasteiger partial charge on any atom is -0.329 e. The molecule has 0 amide bonds. The lowest BCUT2D eigenvalue weighted by Gasteiger charge is -2.16. The Morgan fingerprint density at radius 1 is 1.10 bits per heavy atom. The minimum atomic E-state index is -0.159. The standard InChI is InChI=1S/C22H18ClN3O2S/c1-13-4-3-5-19(14(13)2)26-21(28)17-7-6-16(23)11-18(17)25-22(26)29-12-15-8-9-24-20(27)10-15/h3-11H,12H2,1-2H3,(H,24,27). The van der Waals surface area contributed by atoms with Crippen LogP contribution in [0.4, 0.5) is 0 Å². The first-order valence-corrected chi connectivity index (χ1v) is 10.4. The van der Waals surface area contributed by atoms with E-state index in [2.05, 4.69) is 4.98 Å². The third-order valence-corrected chi connectivity index (χ3v) is 6.07. The maximum Gasteiger partial charge on any atom is 0.266 e. The molecule has 0 atom stereocenters. The summed E-state index contributed by atoms with van der Waals surface area (Å²) in [5, 5.41) is 1.59. The van der Waals surface area contributed by atoms with Crippen molar-refractivity contribution in [2.24, 2.45) is 0 Å². The van der Waals surface area contributed by atoms with E-state index in [0.717, 1.165) is 22.4 Å². The second-order valence-electron chi connectivity index (χ2n) is 6.77. The van der Waals surface area contributed by atoms with Crippen molar-refractivity contribution in [2.75, 3.05) is 0 Å². The topological polar surface area (TPSA) is 67.8 Å². The summed E-state index contributed by atoms with van der Waals surface area (Å²) in [5.74, 6) is 0.507. The molecule has 0 spiro atoms. The van der Waals surface area contributed by atoms with E-state index in [9.17, 15) is 9.59 Å². The van der Waals surface area contributed by atoms with E-state index in [4.69, 9.17) is 16.6 Å². The first-order valence-electron chi connectivity index (χ1n) is 9.03. The molecule has 7 heteroatoms. The van der Waals surface area contributed by atoms with Gasteiger partial charge in [-0.25, -0.2) is 4.98 Å². The predicted molar refractivity (Wildman–Crippen MR) is 118 cm³/mol. The first kappa shape index (κ1) is 19.5. The molecule has 0 saturated heterocycles. The number of aromatic nitrogens is 3. The number of H-pyrrole nitrogens is 1. The van der Waals surface area contributed by atoms with Crippen LogP contribution in [0.25, 0.3) is 16.6 Å². The summed E-state index contributed by atoms with van der Waals surface area (Å²) in [7, 11) is 0. The van der Waals surface area contributed by atoms with Crippen LogP contribution in [0.5, 0.6) is 0 Å². The van der Waals surface area contributed by atoms with Gasteiger partial charge >= 0.3 is 0 Å². The van der Waals surface area contributed by atoms with Gasteiger partial charge in [0.1, 0.15) is 0 Å². The van der Waals surface area contributed by atoms with Crippen LogP contribution in [0.15, 0.2) is 69.5 Å². The van der Waals surface area contributed by atoms with Crippen LogP contribution in [-0.4, -0.2) is 14.5 Å². The van der Waals surface area contributed by atoms with Crippen LogP contribution in [0.3, 0.4) is 0 Å². The van der Waals surface area contributed by atoms with Crippen molar-refractivity contribution in [3.63, 3.8) is 0 Å². The summed E-state index contributed by atoms with van der Waals surface area (Å²) in [6.07, 6.45) is 1.61. The molecule has 0 saturated carbocycles. The smallest absolute Gasteiger partial charge is 0.266 e. The van der Waals surface area contributed by atoms with Crippen LogP contribution in [-0.2, 0) is 5.75 Å². The summed E-state index contributed by atoms with van der Waals surface area (Å²) in [6.45, 7) is 4.01. The molecule has 2 heterocycles. The van der Waals surface area contributed by atoms with E-state index in [1.807, 2.05) is 38.1 Å². The van der Waals surface area contributed by atoms with E-state index in [1.165, 1.54) is 11.8 Å². The van der Waals surface area contributed by atoms with E-state index in [0.29, 0.717) is 26.8 Å². The van der Waals surface area contributed by atoms with Gasteiger partial charge in [0.2, 0.25) is 5.56 Å². The van der Waals surface area contributed by atoms with Crippen LogP contribution in [0, 0.1) is 13.8 Å². The molecule has 2 aromatic carbocycles. The average Bonchev–Trinajstić information content (AvgIpc) is 2.69. The summed E-state index contributed by atoms with van der Waals surface area (Å²) in [5.41, 5.74) is 4.01. The van der Waals surface area contributed by atoms with Crippen molar-refractivity contribution >= 4 is 34.3 Å². The molecule has 5 nitrogen and oxygen atoms in total. The van der Waals surface area contributed by atoms with Gasteiger partial charge in [0, 0.05) is 23.0 Å². The highest BCUT2D eigenvalue weighted by molar-refractivity contribution is 7.98. The number of aryl methyl sites for hydroxylation is 1. The van der Waals surface area contributed by atoms with Crippen molar-refractivity contribution < 1.29 is 0 Å². The molecule has 2 aromatic heterocycles. The van der Waals surface area contributed by atoms with Gasteiger partial charge in [0.15, 0.2) is 5.16 Å². The number of nitrogens with zero attached hydrogens (tertiary/aromatic N) is 2. The molecule has 4 rings (SSSR count). The number of hydrogen-bond acceptors (Lipinski definition) is 4. The Balaban J connectivity index is 1.91. The van der Waals surface area contributed by atoms with E-state index >= 15 is 0 Å². The van der Waals surface area contributed by atoms with Gasteiger partial charge in [-0.05, 0) is 60.9 Å². The Morgan fingerprint density at radius 3 is 2.72 bits per heavy atom. The zero-order chi connectivity index (χ0) is 20.5. The lowest BCUT2D eigenvalue weighted by Crippen LogP contribution is -2.22. The van der Waals surface area contributed by atoms with Gasteiger partial charge in [-0.15, -0.1) is 0 Å². The van der Waals surface area contributed by atoms with Gasteiger partial charge in [-0.3, -0.25) is 14.2 Å². The Hall–Kier alpha value is -2.83. The molecule has 0 radical (unpaired) electrons. The molecule has 29 heavy (non-hydrogen) atoms. The fraction of sp³-hybridized carbons (Fsp3) is 0.136. The zero-order valence-electron chi connectivity index (χ0n) is 15.9. The molecule has 4 aromatic rings. The SMILES string of the molecule is Cc1cccc(-n2c(SCc3cc[nH]c(=O)c3)nc3cc(Cl)ccc3c2=O)c1C. The van der Waals surface area contributed by atoms with Crippen molar-refractivity contribution in [2.45, 2.75) is 24.8 Å². The average molecular weight is 424 g/mol. The molecular weight excluding hydrogens is 406 g/mol. The highest BCUT2D eigenvalue weighted by Gasteiger charge is 2.16. The minimum absolute atomic E-state index is 0.145. The largest absolute Gasteiger partial charge is 0.329 e. The second-order valence-corrected chi connectivity index (χ2v) is 8.14. The van der Waals surface area contributed by atoms with Gasteiger partial charge in [0.05, 0.1) is 16.6 Å². The Kier molecular flexibility index (Phi) is 5.30. The number of hydrogen-bond donors (Lipinski definition) is 1. The van der Waals surface area contributed by atoms with Gasteiger partial charge < -0.3 is 4.98 Å². The lowest BCUT2D eigenvalue weighted by atomic mass is 10.1. The van der Waals surface area contributed by atoms with Crippen molar-refractivity contribution in [3.05, 3.63) is 97.1 Å². The van der Waals surface area contributed by atoms with Crippen LogP contribution in [0.2, 0.25) is 5.02 Å². The third kappa shape index (κ3) is 3.86. The highest BCUT2D eigenvalue weighted by atomic mass is 35.5. The summed E-state index contributed by atoms with van der Waals surface area (Å²) in [6, 6.07) is 14.4. The Labute approximate surface area is 176 Å². The van der Waals surface area contributed by atoms with E-state index in [-0.39, 0.29) is 11.1 Å². The summed E-state index contributed by atoms with van der Waals surface area (Å²) >= 11 is 7.53. The summed E-state index contributed by atoms with van der Waals surface area (Å²) in [4.78, 5) is 32.3. The number of nitrogens with one attached hydrogen (secondary N) is 1. The maximum atomic E-state index is 13.4. The first-order chi connectivity index (χ1) is 13.9. The predicted octanol–water partition coefficient (Wildman–Crippen LogP) is 4.64. The molecule has 0 aliphatic rings. The molecule has 146 valence electrons. The Bertz CT molecular complexity index is 1340. The second kappa shape index (κ2) is 7.89. The van der Waals surface area contributed by atoms with Gasteiger partial charge in [-0.1, -0.05) is 35.5 Å². The van der Waals surface area contributed by atoms with Crippen LogP contribution >= 0.6 is 23.4 Å². The normalized spacial score (nSPS) is 11.1. The number of rotatable bonds is 4. The number of pyridine rings is 1. The quantitative estimate of drug-likeness (QED) is 0.383. The highest BCUT2D eigenvalue weighted by Crippen LogP contribution is 2.27. The third-order valence-electron chi connectivity index (χ3n) is 4.83. The molecule has 0 bridgehead atoms. The lowest BCUT2D eigenvalue weighted by molar-refractivity contribution is 0.813. The van der Waals surface area contributed by atoms with Crippen LogP contribution in [0.1, 0.15) is 16.7 Å².